The number of ether oxygens (including phenoxy) is 1. The van der Waals surface area contributed by atoms with Crippen molar-refractivity contribution in [1.29, 1.82) is 0 Å². The average molecular weight is 222 g/mol. The number of methoxy groups -OCH3 is 1. The number of rotatable bonds is 3. The molecular formula is C11H18N4O. The van der Waals surface area contributed by atoms with Crippen LogP contribution in [0.5, 0.6) is 5.88 Å². The number of hydrogen-bond acceptors (Lipinski definition) is 5. The molecule has 0 atom stereocenters. The summed E-state index contributed by atoms with van der Waals surface area (Å²) >= 11 is 0. The van der Waals surface area contributed by atoms with Crippen LogP contribution in [-0.4, -0.2) is 17.1 Å². The van der Waals surface area contributed by atoms with Gasteiger partial charge in [0, 0.05) is 18.0 Å². The van der Waals surface area contributed by atoms with Crippen molar-refractivity contribution in [2.75, 3.05) is 12.8 Å². The highest BCUT2D eigenvalue weighted by molar-refractivity contribution is 5.38. The van der Waals surface area contributed by atoms with Crippen LogP contribution < -0.4 is 16.2 Å². The van der Waals surface area contributed by atoms with Gasteiger partial charge in [0.1, 0.15) is 0 Å². The molecule has 0 bridgehead atoms. The van der Waals surface area contributed by atoms with Crippen LogP contribution in [0.4, 0.5) is 5.95 Å². The summed E-state index contributed by atoms with van der Waals surface area (Å²) in [5.74, 6) is 1.27. The van der Waals surface area contributed by atoms with Gasteiger partial charge < -0.3 is 16.2 Å². The first kappa shape index (κ1) is 11.1. The van der Waals surface area contributed by atoms with E-state index in [1.165, 1.54) is 12.8 Å². The Kier molecular flexibility index (Phi) is 3.24. The normalized spacial score (nSPS) is 16.6. The van der Waals surface area contributed by atoms with Gasteiger partial charge in [-0.25, -0.2) is 4.98 Å². The highest BCUT2D eigenvalue weighted by Gasteiger charge is 2.24. The van der Waals surface area contributed by atoms with E-state index < -0.39 is 0 Å². The SMILES string of the molecule is COc1nc(N)nc(C2CCCC2)c1CN. The molecule has 4 N–H and O–H groups in total. The Balaban J connectivity index is 2.44. The fraction of sp³-hybridized carbons (Fsp3) is 0.636. The van der Waals surface area contributed by atoms with E-state index in [0.29, 0.717) is 18.3 Å². The monoisotopic (exact) mass is 222 g/mol. The molecule has 1 aliphatic rings. The molecule has 1 aromatic rings. The molecule has 0 amide bonds. The van der Waals surface area contributed by atoms with E-state index in [1.54, 1.807) is 7.11 Å². The molecule has 0 saturated heterocycles. The molecule has 0 aliphatic heterocycles. The third-order valence-corrected chi connectivity index (χ3v) is 3.16. The second-order valence-corrected chi connectivity index (χ2v) is 4.14. The molecular weight excluding hydrogens is 204 g/mol. The van der Waals surface area contributed by atoms with Crippen LogP contribution in [0, 0.1) is 0 Å². The molecule has 5 nitrogen and oxygen atoms in total. The fourth-order valence-corrected chi connectivity index (χ4v) is 2.39. The van der Waals surface area contributed by atoms with Crippen molar-refractivity contribution in [2.24, 2.45) is 5.73 Å². The summed E-state index contributed by atoms with van der Waals surface area (Å²) in [5, 5.41) is 0. The van der Waals surface area contributed by atoms with E-state index in [4.69, 9.17) is 16.2 Å². The minimum Gasteiger partial charge on any atom is -0.481 e. The number of aromatic nitrogens is 2. The van der Waals surface area contributed by atoms with E-state index in [0.717, 1.165) is 24.1 Å². The Bertz CT molecular complexity index is 374. The van der Waals surface area contributed by atoms with Gasteiger partial charge in [-0.1, -0.05) is 12.8 Å². The van der Waals surface area contributed by atoms with Gasteiger partial charge in [-0.15, -0.1) is 0 Å². The second-order valence-electron chi connectivity index (χ2n) is 4.14. The first-order chi connectivity index (χ1) is 7.76. The lowest BCUT2D eigenvalue weighted by atomic mass is 9.99. The topological polar surface area (TPSA) is 87.0 Å². The minimum absolute atomic E-state index is 0.274. The number of nitrogens with two attached hydrogens (primary N) is 2. The zero-order valence-corrected chi connectivity index (χ0v) is 9.57. The Morgan fingerprint density at radius 2 is 2.00 bits per heavy atom. The molecule has 1 saturated carbocycles. The van der Waals surface area contributed by atoms with E-state index in [9.17, 15) is 0 Å². The molecule has 1 aromatic heterocycles. The maximum atomic E-state index is 5.74. The third kappa shape index (κ3) is 1.95. The molecule has 1 aliphatic carbocycles. The molecule has 1 heterocycles. The van der Waals surface area contributed by atoms with Crippen molar-refractivity contribution in [3.05, 3.63) is 11.3 Å². The zero-order chi connectivity index (χ0) is 11.5. The predicted molar refractivity (Wildman–Crippen MR) is 62.1 cm³/mol. The number of anilines is 1. The maximum absolute atomic E-state index is 5.74. The van der Waals surface area contributed by atoms with Crippen LogP contribution in [0.25, 0.3) is 0 Å². The quantitative estimate of drug-likeness (QED) is 0.802. The minimum atomic E-state index is 0.274. The second kappa shape index (κ2) is 4.65. The van der Waals surface area contributed by atoms with Gasteiger partial charge in [-0.05, 0) is 12.8 Å². The van der Waals surface area contributed by atoms with Crippen LogP contribution in [0.3, 0.4) is 0 Å². The smallest absolute Gasteiger partial charge is 0.223 e. The lowest BCUT2D eigenvalue weighted by Gasteiger charge is -2.15. The van der Waals surface area contributed by atoms with E-state index in [-0.39, 0.29) is 5.95 Å². The molecule has 1 fully saturated rings. The van der Waals surface area contributed by atoms with Gasteiger partial charge in [0.05, 0.1) is 12.8 Å². The zero-order valence-electron chi connectivity index (χ0n) is 9.57. The van der Waals surface area contributed by atoms with Crippen LogP contribution in [0.1, 0.15) is 42.9 Å². The van der Waals surface area contributed by atoms with Crippen molar-refractivity contribution >= 4 is 5.95 Å². The van der Waals surface area contributed by atoms with E-state index in [1.807, 2.05) is 0 Å². The summed E-state index contributed by atoms with van der Waals surface area (Å²) in [4.78, 5) is 8.40. The predicted octanol–water partition coefficient (Wildman–Crippen LogP) is 1.18. The maximum Gasteiger partial charge on any atom is 0.223 e. The molecule has 16 heavy (non-hydrogen) atoms. The van der Waals surface area contributed by atoms with Gasteiger partial charge in [-0.3, -0.25) is 0 Å². The molecule has 0 aromatic carbocycles. The van der Waals surface area contributed by atoms with Gasteiger partial charge in [-0.2, -0.15) is 4.98 Å². The van der Waals surface area contributed by atoms with Crippen molar-refractivity contribution < 1.29 is 4.74 Å². The summed E-state index contributed by atoms with van der Waals surface area (Å²) in [6, 6.07) is 0. The van der Waals surface area contributed by atoms with Crippen LogP contribution in [0.2, 0.25) is 0 Å². The molecule has 5 heteroatoms. The van der Waals surface area contributed by atoms with Gasteiger partial charge in [0.25, 0.3) is 0 Å². The largest absolute Gasteiger partial charge is 0.481 e. The highest BCUT2D eigenvalue weighted by Crippen LogP contribution is 2.36. The van der Waals surface area contributed by atoms with Gasteiger partial charge >= 0.3 is 0 Å². The van der Waals surface area contributed by atoms with Crippen molar-refractivity contribution in [2.45, 2.75) is 38.1 Å². The summed E-state index contributed by atoms with van der Waals surface area (Å²) in [5.41, 5.74) is 13.3. The lowest BCUT2D eigenvalue weighted by Crippen LogP contribution is -2.12. The van der Waals surface area contributed by atoms with Crippen LogP contribution in [0.15, 0.2) is 0 Å². The Morgan fingerprint density at radius 3 is 2.56 bits per heavy atom. The molecule has 0 unspecified atom stereocenters. The average Bonchev–Trinajstić information content (AvgIpc) is 2.81. The summed E-state index contributed by atoms with van der Waals surface area (Å²) in [6.07, 6.45) is 4.82. The molecule has 2 rings (SSSR count). The standard InChI is InChI=1S/C11H18N4O/c1-16-10-8(6-12)9(14-11(13)15-10)7-4-2-3-5-7/h7H,2-6,12H2,1H3,(H2,13,14,15). The van der Waals surface area contributed by atoms with Gasteiger partial charge in [0.2, 0.25) is 11.8 Å². The van der Waals surface area contributed by atoms with Crippen molar-refractivity contribution in [1.82, 2.24) is 9.97 Å². The lowest BCUT2D eigenvalue weighted by molar-refractivity contribution is 0.390. The number of nitrogens with zero attached hydrogens (tertiary/aromatic N) is 2. The van der Waals surface area contributed by atoms with Crippen molar-refractivity contribution in [3.8, 4) is 5.88 Å². The van der Waals surface area contributed by atoms with Crippen LogP contribution in [-0.2, 0) is 6.54 Å². The fourth-order valence-electron chi connectivity index (χ4n) is 2.39. The number of nitrogen functional groups attached to an aromatic ring is 1. The Hall–Kier alpha value is -1.36. The van der Waals surface area contributed by atoms with Gasteiger partial charge in [0.15, 0.2) is 0 Å². The molecule has 0 spiro atoms. The molecule has 0 radical (unpaired) electrons. The van der Waals surface area contributed by atoms with E-state index in [2.05, 4.69) is 9.97 Å². The Labute approximate surface area is 95.2 Å². The first-order valence-corrected chi connectivity index (χ1v) is 5.66. The third-order valence-electron chi connectivity index (χ3n) is 3.16. The number of hydrogen-bond donors (Lipinski definition) is 2. The summed E-state index contributed by atoms with van der Waals surface area (Å²) in [7, 11) is 1.58. The Morgan fingerprint density at radius 1 is 1.31 bits per heavy atom. The molecule has 88 valence electrons. The summed E-state index contributed by atoms with van der Waals surface area (Å²) < 4.78 is 5.21. The van der Waals surface area contributed by atoms with E-state index >= 15 is 0 Å². The van der Waals surface area contributed by atoms with Crippen LogP contribution >= 0.6 is 0 Å². The highest BCUT2D eigenvalue weighted by atomic mass is 16.5. The van der Waals surface area contributed by atoms with Crippen molar-refractivity contribution in [3.63, 3.8) is 0 Å². The summed E-state index contributed by atoms with van der Waals surface area (Å²) in [6.45, 7) is 0.398. The first-order valence-electron chi connectivity index (χ1n) is 5.66.